The van der Waals surface area contributed by atoms with E-state index in [2.05, 4.69) is 23.7 Å². The molecule has 1 aromatic carbocycles. The third kappa shape index (κ3) is 6.14. The number of carbonyl (C=O) groups excluding carboxylic acids is 2. The van der Waals surface area contributed by atoms with Crippen LogP contribution >= 0.6 is 22.9 Å². The van der Waals surface area contributed by atoms with Crippen LogP contribution in [-0.2, 0) is 17.8 Å². The molecule has 0 aliphatic carbocycles. The molecule has 1 aromatic heterocycles. The number of fused-ring (bicyclic) bond motifs is 1. The van der Waals surface area contributed by atoms with Gasteiger partial charge in [0, 0.05) is 36.5 Å². The minimum absolute atomic E-state index is 0.0462. The molecule has 168 valence electrons. The highest BCUT2D eigenvalue weighted by Crippen LogP contribution is 2.37. The van der Waals surface area contributed by atoms with Crippen molar-refractivity contribution in [2.75, 3.05) is 26.3 Å². The molecule has 1 N–H and O–H groups in total. The zero-order valence-corrected chi connectivity index (χ0v) is 19.6. The normalized spacial score (nSPS) is 12.9. The molecule has 31 heavy (non-hydrogen) atoms. The van der Waals surface area contributed by atoms with Gasteiger partial charge >= 0.3 is 0 Å². The van der Waals surface area contributed by atoms with Crippen LogP contribution in [0.3, 0.4) is 0 Å². The first-order valence-corrected chi connectivity index (χ1v) is 12.0. The first kappa shape index (κ1) is 23.4. The molecule has 0 saturated carbocycles. The number of unbranched alkanes of at least 4 members (excludes halogenated alkanes) is 1. The fourth-order valence-electron chi connectivity index (χ4n) is 3.43. The van der Waals surface area contributed by atoms with Crippen molar-refractivity contribution in [1.29, 1.82) is 0 Å². The monoisotopic (exact) mass is 464 g/mol. The Kier molecular flexibility index (Phi) is 8.60. The molecule has 2 amide bonds. The topological polar surface area (TPSA) is 67.9 Å². The number of thiophene rings is 1. The maximum atomic E-state index is 12.6. The molecule has 2 aromatic rings. The van der Waals surface area contributed by atoms with E-state index in [-0.39, 0.29) is 24.8 Å². The summed E-state index contributed by atoms with van der Waals surface area (Å²) in [5, 5.41) is 5.22. The Hall–Kier alpha value is -2.25. The van der Waals surface area contributed by atoms with E-state index in [0.29, 0.717) is 41.8 Å². The van der Waals surface area contributed by atoms with Gasteiger partial charge in [0.05, 0.1) is 18.2 Å². The van der Waals surface area contributed by atoms with Gasteiger partial charge in [0.15, 0.2) is 11.5 Å². The van der Waals surface area contributed by atoms with E-state index in [4.69, 9.17) is 21.1 Å². The Morgan fingerprint density at radius 3 is 2.87 bits per heavy atom. The number of carbonyl (C=O) groups is 2. The Balaban J connectivity index is 1.55. The number of hydrogen-bond donors (Lipinski definition) is 1. The first-order valence-electron chi connectivity index (χ1n) is 10.7. The van der Waals surface area contributed by atoms with Gasteiger partial charge in [-0.25, -0.2) is 0 Å². The fourth-order valence-corrected chi connectivity index (χ4v) is 4.58. The average molecular weight is 465 g/mol. The van der Waals surface area contributed by atoms with Gasteiger partial charge in [-0.05, 0) is 48.9 Å². The molecule has 0 radical (unpaired) electrons. The van der Waals surface area contributed by atoms with Crippen molar-refractivity contribution >= 4 is 34.8 Å². The van der Waals surface area contributed by atoms with Gasteiger partial charge in [0.2, 0.25) is 5.91 Å². The minimum atomic E-state index is -0.297. The van der Waals surface area contributed by atoms with Gasteiger partial charge in [-0.2, -0.15) is 0 Å². The van der Waals surface area contributed by atoms with E-state index >= 15 is 0 Å². The molecule has 1 aliphatic rings. The molecule has 3 rings (SSSR count). The van der Waals surface area contributed by atoms with Gasteiger partial charge in [-0.1, -0.05) is 24.9 Å². The summed E-state index contributed by atoms with van der Waals surface area (Å²) in [6.45, 7) is 6.56. The third-order valence-corrected chi connectivity index (χ3v) is 6.40. The van der Waals surface area contributed by atoms with Crippen LogP contribution in [0.2, 0.25) is 5.02 Å². The van der Waals surface area contributed by atoms with Crippen molar-refractivity contribution in [2.24, 2.45) is 0 Å². The largest absolute Gasteiger partial charge is 0.490 e. The second-order valence-electron chi connectivity index (χ2n) is 7.36. The zero-order valence-electron chi connectivity index (χ0n) is 18.0. The first-order chi connectivity index (χ1) is 15.0. The van der Waals surface area contributed by atoms with Crippen LogP contribution in [0.4, 0.5) is 0 Å². The fraction of sp³-hybridized carbons (Fsp3) is 0.478. The van der Waals surface area contributed by atoms with Gasteiger partial charge in [-0.15, -0.1) is 11.3 Å². The molecule has 0 bridgehead atoms. The minimum Gasteiger partial charge on any atom is -0.490 e. The van der Waals surface area contributed by atoms with Gasteiger partial charge in [-0.3, -0.25) is 9.59 Å². The summed E-state index contributed by atoms with van der Waals surface area (Å²) in [5.74, 6) is 0.660. The Labute approximate surface area is 192 Å². The van der Waals surface area contributed by atoms with Crippen LogP contribution in [0.25, 0.3) is 0 Å². The maximum absolute atomic E-state index is 12.6. The molecule has 0 fully saturated rings. The third-order valence-electron chi connectivity index (χ3n) is 5.10. The SMILES string of the molecule is CCCCOc1c(Cl)cc(C(=O)NCCC(=O)N2CCc3sccc3C2)cc1OCC. The highest BCUT2D eigenvalue weighted by atomic mass is 35.5. The van der Waals surface area contributed by atoms with Gasteiger partial charge in [0.25, 0.3) is 5.91 Å². The van der Waals surface area contributed by atoms with Crippen LogP contribution < -0.4 is 14.8 Å². The van der Waals surface area contributed by atoms with Gasteiger partial charge < -0.3 is 19.7 Å². The van der Waals surface area contributed by atoms with Crippen molar-refractivity contribution in [3.63, 3.8) is 0 Å². The number of nitrogens with zero attached hydrogens (tertiary/aromatic N) is 1. The Bertz CT molecular complexity index is 915. The molecule has 1 aliphatic heterocycles. The number of nitrogens with one attached hydrogen (secondary N) is 1. The number of benzene rings is 1. The van der Waals surface area contributed by atoms with Crippen LogP contribution in [0, 0.1) is 0 Å². The molecule has 0 spiro atoms. The number of halogens is 1. The molecule has 2 heterocycles. The summed E-state index contributed by atoms with van der Waals surface area (Å²) < 4.78 is 11.4. The van der Waals surface area contributed by atoms with E-state index in [1.807, 2.05) is 11.8 Å². The lowest BCUT2D eigenvalue weighted by atomic mass is 10.1. The molecule has 0 unspecified atom stereocenters. The summed E-state index contributed by atoms with van der Waals surface area (Å²) in [6, 6.07) is 5.29. The zero-order chi connectivity index (χ0) is 22.2. The molecular formula is C23H29ClN2O4S. The van der Waals surface area contributed by atoms with E-state index in [0.717, 1.165) is 25.8 Å². The number of amides is 2. The van der Waals surface area contributed by atoms with E-state index < -0.39 is 0 Å². The lowest BCUT2D eigenvalue weighted by Gasteiger charge is -2.27. The van der Waals surface area contributed by atoms with Crippen molar-refractivity contribution < 1.29 is 19.1 Å². The number of ether oxygens (including phenoxy) is 2. The summed E-state index contributed by atoms with van der Waals surface area (Å²) in [4.78, 5) is 28.4. The molecule has 6 nitrogen and oxygen atoms in total. The average Bonchev–Trinajstić information content (AvgIpc) is 3.23. The Morgan fingerprint density at radius 1 is 1.26 bits per heavy atom. The predicted molar refractivity (Wildman–Crippen MR) is 123 cm³/mol. The number of rotatable bonds is 10. The smallest absolute Gasteiger partial charge is 0.251 e. The summed E-state index contributed by atoms with van der Waals surface area (Å²) in [6.07, 6.45) is 3.07. The van der Waals surface area contributed by atoms with Crippen LogP contribution in [0.5, 0.6) is 11.5 Å². The second-order valence-corrected chi connectivity index (χ2v) is 8.77. The summed E-state index contributed by atoms with van der Waals surface area (Å²) >= 11 is 8.11. The van der Waals surface area contributed by atoms with E-state index in [1.165, 1.54) is 10.4 Å². The highest BCUT2D eigenvalue weighted by Gasteiger charge is 2.21. The predicted octanol–water partition coefficient (Wildman–Crippen LogP) is 4.68. The lowest BCUT2D eigenvalue weighted by molar-refractivity contribution is -0.131. The van der Waals surface area contributed by atoms with Crippen LogP contribution in [-0.4, -0.2) is 43.0 Å². The van der Waals surface area contributed by atoms with Crippen molar-refractivity contribution in [3.8, 4) is 11.5 Å². The van der Waals surface area contributed by atoms with E-state index in [1.54, 1.807) is 23.5 Å². The molecular weight excluding hydrogens is 436 g/mol. The van der Waals surface area contributed by atoms with Crippen molar-refractivity contribution in [2.45, 2.75) is 46.1 Å². The molecule has 0 saturated heterocycles. The molecule has 0 atom stereocenters. The molecule has 8 heteroatoms. The van der Waals surface area contributed by atoms with Crippen molar-refractivity contribution in [1.82, 2.24) is 10.2 Å². The maximum Gasteiger partial charge on any atom is 0.251 e. The lowest BCUT2D eigenvalue weighted by Crippen LogP contribution is -2.37. The van der Waals surface area contributed by atoms with Crippen LogP contribution in [0.15, 0.2) is 23.6 Å². The standard InChI is InChI=1S/C23H29ClN2O4S/c1-3-5-11-30-22-18(24)13-17(14-19(22)29-4-2)23(28)25-9-6-21(27)26-10-7-20-16(15-26)8-12-31-20/h8,12-14H,3-7,9-11,15H2,1-2H3,(H,25,28). The highest BCUT2D eigenvalue weighted by molar-refractivity contribution is 7.10. The quantitative estimate of drug-likeness (QED) is 0.518. The second kappa shape index (κ2) is 11.4. The summed E-state index contributed by atoms with van der Waals surface area (Å²) in [7, 11) is 0. The Morgan fingerprint density at radius 2 is 2.10 bits per heavy atom. The number of hydrogen-bond acceptors (Lipinski definition) is 5. The van der Waals surface area contributed by atoms with E-state index in [9.17, 15) is 9.59 Å². The van der Waals surface area contributed by atoms with Crippen molar-refractivity contribution in [3.05, 3.63) is 44.6 Å². The summed E-state index contributed by atoms with van der Waals surface area (Å²) in [5.41, 5.74) is 1.61. The van der Waals surface area contributed by atoms with Crippen LogP contribution in [0.1, 0.15) is 53.9 Å². The van der Waals surface area contributed by atoms with Gasteiger partial charge in [0.1, 0.15) is 0 Å².